The SMILES string of the molecule is Cc1cc(F)ccc1N1C[C@H]2CNC[C@H]2C1. The topological polar surface area (TPSA) is 15.3 Å². The van der Waals surface area contributed by atoms with Gasteiger partial charge in [0.2, 0.25) is 0 Å². The number of benzene rings is 1. The fourth-order valence-corrected chi connectivity index (χ4v) is 3.03. The van der Waals surface area contributed by atoms with Crippen molar-refractivity contribution in [3.63, 3.8) is 0 Å². The third-order valence-corrected chi connectivity index (χ3v) is 3.89. The van der Waals surface area contributed by atoms with Crippen LogP contribution in [0.1, 0.15) is 5.56 Å². The molecule has 3 heteroatoms. The van der Waals surface area contributed by atoms with E-state index in [1.54, 1.807) is 12.1 Å². The number of aryl methyl sites for hydroxylation is 1. The molecule has 0 aromatic heterocycles. The second kappa shape index (κ2) is 3.74. The number of anilines is 1. The van der Waals surface area contributed by atoms with Gasteiger partial charge in [-0.1, -0.05) is 0 Å². The Labute approximate surface area is 95.4 Å². The molecule has 0 amide bonds. The quantitative estimate of drug-likeness (QED) is 0.776. The van der Waals surface area contributed by atoms with E-state index in [0.717, 1.165) is 43.6 Å². The molecule has 16 heavy (non-hydrogen) atoms. The minimum atomic E-state index is -0.137. The van der Waals surface area contributed by atoms with Gasteiger partial charge in [-0.05, 0) is 42.5 Å². The van der Waals surface area contributed by atoms with Crippen LogP contribution in [0.15, 0.2) is 18.2 Å². The number of halogens is 1. The number of hydrogen-bond donors (Lipinski definition) is 1. The maximum Gasteiger partial charge on any atom is 0.123 e. The van der Waals surface area contributed by atoms with Crippen LogP contribution >= 0.6 is 0 Å². The Morgan fingerprint density at radius 1 is 1.25 bits per heavy atom. The zero-order valence-electron chi connectivity index (χ0n) is 9.54. The van der Waals surface area contributed by atoms with Crippen LogP contribution in [0.5, 0.6) is 0 Å². The summed E-state index contributed by atoms with van der Waals surface area (Å²) < 4.78 is 13.0. The molecule has 86 valence electrons. The second-order valence-corrected chi connectivity index (χ2v) is 5.01. The van der Waals surface area contributed by atoms with Gasteiger partial charge in [-0.2, -0.15) is 0 Å². The van der Waals surface area contributed by atoms with Crippen molar-refractivity contribution in [3.05, 3.63) is 29.6 Å². The molecule has 0 radical (unpaired) electrons. The fraction of sp³-hybridized carbons (Fsp3) is 0.538. The van der Waals surface area contributed by atoms with E-state index in [-0.39, 0.29) is 5.82 Å². The van der Waals surface area contributed by atoms with Crippen LogP contribution in [0.2, 0.25) is 0 Å². The van der Waals surface area contributed by atoms with E-state index in [1.807, 2.05) is 13.0 Å². The van der Waals surface area contributed by atoms with Gasteiger partial charge >= 0.3 is 0 Å². The van der Waals surface area contributed by atoms with Crippen LogP contribution in [0.4, 0.5) is 10.1 Å². The van der Waals surface area contributed by atoms with Crippen LogP contribution in [0.25, 0.3) is 0 Å². The standard InChI is InChI=1S/C13H17FN2/c1-9-4-12(14)2-3-13(9)16-7-10-5-15-6-11(10)8-16/h2-4,10-11,15H,5-8H2,1H3/t10-,11+. The average molecular weight is 220 g/mol. The molecule has 0 spiro atoms. The van der Waals surface area contributed by atoms with Gasteiger partial charge in [0.25, 0.3) is 0 Å². The normalized spacial score (nSPS) is 28.5. The highest BCUT2D eigenvalue weighted by molar-refractivity contribution is 5.54. The molecule has 0 aliphatic carbocycles. The Kier molecular flexibility index (Phi) is 2.36. The summed E-state index contributed by atoms with van der Waals surface area (Å²) in [6.07, 6.45) is 0. The molecule has 2 aliphatic rings. The summed E-state index contributed by atoms with van der Waals surface area (Å²) in [5.74, 6) is 1.43. The highest BCUT2D eigenvalue weighted by Gasteiger charge is 2.36. The lowest BCUT2D eigenvalue weighted by Crippen LogP contribution is -2.25. The van der Waals surface area contributed by atoms with Crippen LogP contribution < -0.4 is 10.2 Å². The molecule has 2 fully saturated rings. The second-order valence-electron chi connectivity index (χ2n) is 5.01. The van der Waals surface area contributed by atoms with Crippen molar-refractivity contribution < 1.29 is 4.39 Å². The maximum absolute atomic E-state index is 13.0. The molecule has 1 aromatic carbocycles. The Balaban J connectivity index is 1.83. The largest absolute Gasteiger partial charge is 0.371 e. The van der Waals surface area contributed by atoms with Crippen molar-refractivity contribution >= 4 is 5.69 Å². The average Bonchev–Trinajstić information content (AvgIpc) is 2.76. The number of hydrogen-bond acceptors (Lipinski definition) is 2. The molecular formula is C13H17FN2. The van der Waals surface area contributed by atoms with E-state index in [1.165, 1.54) is 5.69 Å². The van der Waals surface area contributed by atoms with Crippen LogP contribution in [0, 0.1) is 24.6 Å². The molecule has 2 nitrogen and oxygen atoms in total. The van der Waals surface area contributed by atoms with Gasteiger partial charge in [0.15, 0.2) is 0 Å². The van der Waals surface area contributed by atoms with E-state index < -0.39 is 0 Å². The lowest BCUT2D eigenvalue weighted by atomic mass is 10.0. The Morgan fingerprint density at radius 3 is 2.56 bits per heavy atom. The zero-order valence-corrected chi connectivity index (χ0v) is 9.54. The minimum Gasteiger partial charge on any atom is -0.371 e. The zero-order chi connectivity index (χ0) is 11.1. The number of nitrogens with zero attached hydrogens (tertiary/aromatic N) is 1. The summed E-state index contributed by atoms with van der Waals surface area (Å²) in [4.78, 5) is 2.41. The first-order valence-corrected chi connectivity index (χ1v) is 5.96. The van der Waals surface area contributed by atoms with Gasteiger partial charge < -0.3 is 10.2 Å². The van der Waals surface area contributed by atoms with Crippen molar-refractivity contribution in [1.82, 2.24) is 5.32 Å². The fourth-order valence-electron chi connectivity index (χ4n) is 3.03. The third kappa shape index (κ3) is 1.59. The van der Waals surface area contributed by atoms with Gasteiger partial charge in [0.1, 0.15) is 5.82 Å². The van der Waals surface area contributed by atoms with Crippen molar-refractivity contribution in [2.45, 2.75) is 6.92 Å². The number of fused-ring (bicyclic) bond motifs is 1. The highest BCUT2D eigenvalue weighted by atomic mass is 19.1. The van der Waals surface area contributed by atoms with Gasteiger partial charge in [-0.3, -0.25) is 0 Å². The summed E-state index contributed by atoms with van der Waals surface area (Å²) in [6.45, 7) is 6.50. The minimum absolute atomic E-state index is 0.137. The van der Waals surface area contributed by atoms with Gasteiger partial charge in [0.05, 0.1) is 0 Å². The summed E-state index contributed by atoms with van der Waals surface area (Å²) in [5, 5.41) is 3.43. The van der Waals surface area contributed by atoms with Crippen molar-refractivity contribution in [2.24, 2.45) is 11.8 Å². The highest BCUT2D eigenvalue weighted by Crippen LogP contribution is 2.32. The predicted octanol–water partition coefficient (Wildman–Crippen LogP) is 1.79. The van der Waals surface area contributed by atoms with Gasteiger partial charge in [0, 0.05) is 31.9 Å². The van der Waals surface area contributed by atoms with E-state index >= 15 is 0 Å². The van der Waals surface area contributed by atoms with Crippen molar-refractivity contribution in [2.75, 3.05) is 31.1 Å². The van der Waals surface area contributed by atoms with E-state index in [9.17, 15) is 4.39 Å². The molecule has 3 rings (SSSR count). The summed E-state index contributed by atoms with van der Waals surface area (Å²) in [6, 6.07) is 5.11. The molecule has 2 heterocycles. The molecule has 2 aliphatic heterocycles. The van der Waals surface area contributed by atoms with Crippen LogP contribution in [0.3, 0.4) is 0 Å². The molecule has 2 atom stereocenters. The number of nitrogens with one attached hydrogen (secondary N) is 1. The first-order valence-electron chi connectivity index (χ1n) is 5.96. The Bertz CT molecular complexity index is 393. The molecular weight excluding hydrogens is 203 g/mol. The van der Waals surface area contributed by atoms with E-state index in [0.29, 0.717) is 0 Å². The first kappa shape index (κ1) is 10.1. The molecule has 0 saturated carbocycles. The van der Waals surface area contributed by atoms with Gasteiger partial charge in [-0.25, -0.2) is 4.39 Å². The summed E-state index contributed by atoms with van der Waals surface area (Å²) in [7, 11) is 0. The van der Waals surface area contributed by atoms with Crippen LogP contribution in [-0.4, -0.2) is 26.2 Å². The molecule has 0 unspecified atom stereocenters. The lowest BCUT2D eigenvalue weighted by molar-refractivity contribution is 0.533. The van der Waals surface area contributed by atoms with E-state index in [2.05, 4.69) is 10.2 Å². The van der Waals surface area contributed by atoms with Crippen molar-refractivity contribution in [1.29, 1.82) is 0 Å². The maximum atomic E-state index is 13.0. The predicted molar refractivity (Wildman–Crippen MR) is 63.2 cm³/mol. The van der Waals surface area contributed by atoms with E-state index in [4.69, 9.17) is 0 Å². The third-order valence-electron chi connectivity index (χ3n) is 3.89. The number of rotatable bonds is 1. The monoisotopic (exact) mass is 220 g/mol. The first-order chi connectivity index (χ1) is 7.74. The molecule has 0 bridgehead atoms. The Morgan fingerprint density at radius 2 is 1.94 bits per heavy atom. The molecule has 1 N–H and O–H groups in total. The van der Waals surface area contributed by atoms with Crippen molar-refractivity contribution in [3.8, 4) is 0 Å². The summed E-state index contributed by atoms with van der Waals surface area (Å²) >= 11 is 0. The smallest absolute Gasteiger partial charge is 0.123 e. The lowest BCUT2D eigenvalue weighted by Gasteiger charge is -2.21. The summed E-state index contributed by atoms with van der Waals surface area (Å²) in [5.41, 5.74) is 2.25. The molecule has 2 saturated heterocycles. The van der Waals surface area contributed by atoms with Crippen LogP contribution in [-0.2, 0) is 0 Å². The molecule has 1 aromatic rings. The Hall–Kier alpha value is -1.09. The van der Waals surface area contributed by atoms with Gasteiger partial charge in [-0.15, -0.1) is 0 Å².